The zero-order valence-corrected chi connectivity index (χ0v) is 93.0. The standard InChI is InChI=1S/C21H43N3O4.C12H25NO4S.C10H25N2O3P3.C6H18NO2P3.C6H16NOP3.C5H14NO2P3.C4H12NO2P3.C4H10NOP.2CH4/c1-12(11-14(3)24(8)9)10-13(2)15(4)20(27)23-17(6)21(28)22-16(5)19(26)18(7)25;1-8(13(5)6)7-9(2)18(16,17)11(4)10(3)12(14)15;1-6(9(14)8(3)13)11(4)10(15)7(2)12(5)18(16)17;1-4(7(3)10)6(5(2)8)9-12-11;1-4-6(8-11-10)5(2)7(3)9;1-4(6(2)9)5(3-7)8-11-10;1-3(4(6)7)5(2)10(8)9;1-4(3-6)5(2)7;;/h12-19,25-26H,10-11H2,1-9H3,(H,22,28)(H,23,27);8-11H,7H2,1-6H3,(H,14,15);6-9,13-14H,16-17H2,1-5H3;4-6,8,12H,10-11H2,1-3H3;4-6,11H,1,9-10H2,2-3H3;3-5,11H,9-10H2,1-2H3;3H,8-9H2,1-2H3,(H,6,7);3-4H,7H2,1-2H3;2*1H4/t12?,13?,14?,15?,16-,17?,18-,19+;;6-,7?,8?,9?;4-,5?,6?;5-,6?;4-,5?;;4-;;/m0.0000.0../s1. The number of aliphatic carboxylic acids is 2. The molecule has 47 heteroatoms. The predicted molar refractivity (Wildman–Crippen MR) is 544 cm³/mol. The molecule has 31 unspecified atom stereocenters. The Labute approximate surface area is 744 Å². The van der Waals surface area contributed by atoms with Crippen LogP contribution in [0.25, 0.3) is 0 Å². The van der Waals surface area contributed by atoms with Crippen LogP contribution in [0.5, 0.6) is 0 Å². The van der Waals surface area contributed by atoms with Crippen molar-refractivity contribution in [2.24, 2.45) is 23.7 Å². The number of likely N-dealkylation sites (N-methyl/N-ethyl adjacent to an activating group) is 7. The van der Waals surface area contributed by atoms with Crippen LogP contribution in [-0.2, 0) is 57.0 Å². The third-order valence-corrected chi connectivity index (χ3v) is 33.3. The Bertz CT molecular complexity index is 2660. The van der Waals surface area contributed by atoms with Gasteiger partial charge in [0.15, 0.2) is 16.1 Å². The van der Waals surface area contributed by atoms with Gasteiger partial charge in [0.25, 0.3) is 0 Å². The number of carbonyl (C=O) groups excluding carboxylic acids is 5. The van der Waals surface area contributed by atoms with Gasteiger partial charge in [0.2, 0.25) is 17.7 Å². The van der Waals surface area contributed by atoms with Gasteiger partial charge in [-0.3, -0.25) is 52.0 Å². The molecule has 0 rings (SSSR count). The smallest absolute Gasteiger partial charge is 0.320 e. The number of rotatable bonds is 45. The van der Waals surface area contributed by atoms with Gasteiger partial charge in [-0.05, 0) is 212 Å². The Morgan fingerprint density at radius 2 is 0.872 bits per heavy atom. The first kappa shape index (κ1) is 140. The topological polar surface area (TPSA) is 376 Å². The Balaban J connectivity index is -0.000000144. The fourth-order valence-electron chi connectivity index (χ4n) is 8.98. The van der Waals surface area contributed by atoms with Gasteiger partial charge in [-0.25, -0.2) is 8.42 Å². The highest BCUT2D eigenvalue weighted by molar-refractivity contribution is 8.42. The molecule has 0 saturated heterocycles. The zero-order valence-electron chi connectivity index (χ0n) is 74.7. The molecule has 3 amide bonds. The summed E-state index contributed by atoms with van der Waals surface area (Å²) in [5.74, 6) is -2.82. The molecule has 706 valence electrons. The summed E-state index contributed by atoms with van der Waals surface area (Å²) < 4.78 is 51.9. The monoisotopic (exact) mass is 2000 g/mol. The minimum absolute atomic E-state index is 0. The second-order valence-electron chi connectivity index (χ2n) is 29.7. The van der Waals surface area contributed by atoms with Crippen molar-refractivity contribution in [2.75, 3.05) is 77.5 Å². The summed E-state index contributed by atoms with van der Waals surface area (Å²) in [7, 11) is 45.8. The van der Waals surface area contributed by atoms with Crippen molar-refractivity contribution in [1.29, 1.82) is 0 Å². The van der Waals surface area contributed by atoms with E-state index in [4.69, 9.17) is 23.8 Å². The second kappa shape index (κ2) is 77.4. The summed E-state index contributed by atoms with van der Waals surface area (Å²) in [4.78, 5) is 84.3. The maximum Gasteiger partial charge on any atom is 0.320 e. The normalized spacial score (nSPS) is 18.2. The number of carboxylic acid groups (broad SMARTS) is 2. The molecule has 9 N–H and O–H groups in total. The molecule has 0 aromatic heterocycles. The third kappa shape index (κ3) is 64.9. The number of aldehydes is 2. The third-order valence-electron chi connectivity index (χ3n) is 19.7. The summed E-state index contributed by atoms with van der Waals surface area (Å²) in [6, 6.07) is -1.10. The van der Waals surface area contributed by atoms with Crippen molar-refractivity contribution < 1.29 is 91.3 Å². The van der Waals surface area contributed by atoms with Crippen LogP contribution in [0.1, 0.15) is 173 Å². The quantitative estimate of drug-likeness (QED) is 0.0155. The van der Waals surface area contributed by atoms with Gasteiger partial charge in [-0.1, -0.05) is 149 Å². The first-order valence-corrected chi connectivity index (χ1v) is 58.3. The molecule has 0 fully saturated rings. The van der Waals surface area contributed by atoms with E-state index in [9.17, 15) is 67.5 Å². The van der Waals surface area contributed by atoms with Crippen molar-refractivity contribution in [3.8, 4) is 0 Å². The van der Waals surface area contributed by atoms with E-state index in [1.807, 2.05) is 121 Å². The highest BCUT2D eigenvalue weighted by Crippen LogP contribution is 2.56. The fourth-order valence-corrected chi connectivity index (χ4v) is 17.8. The van der Waals surface area contributed by atoms with Gasteiger partial charge in [-0.15, -0.1) is 6.58 Å². The van der Waals surface area contributed by atoms with Crippen molar-refractivity contribution in [2.45, 2.75) is 298 Å². The predicted octanol–water partition coefficient (Wildman–Crippen LogP) is 10.8. The lowest BCUT2D eigenvalue weighted by Gasteiger charge is -2.35. The van der Waals surface area contributed by atoms with Gasteiger partial charge in [0, 0.05) is 83.6 Å². The van der Waals surface area contributed by atoms with E-state index >= 15 is 0 Å². The lowest BCUT2D eigenvalue weighted by atomic mass is 9.84. The first-order valence-electron chi connectivity index (χ1n) is 37.4. The van der Waals surface area contributed by atoms with E-state index in [1.165, 1.54) is 32.6 Å². The molecule has 0 saturated carbocycles. The minimum Gasteiger partial charge on any atom is -0.481 e. The van der Waals surface area contributed by atoms with Crippen LogP contribution < -0.4 is 10.6 Å². The average molecular weight is 2000 g/mol. The molecular formula is C70H171N11O19P16S. The average Bonchev–Trinajstić information content (AvgIpc) is 0.822. The minimum atomic E-state index is -3.42. The van der Waals surface area contributed by atoms with Gasteiger partial charge in [0.05, 0.1) is 77.2 Å². The number of hydrogen-bond donors (Lipinski definition) is 9. The number of aliphatic hydroxyl groups excluding tert-OH is 5. The van der Waals surface area contributed by atoms with Crippen LogP contribution in [0.4, 0.5) is 0 Å². The van der Waals surface area contributed by atoms with E-state index < -0.39 is 108 Å². The number of hydrogen-bond acceptors (Lipinski definition) is 25. The zero-order chi connectivity index (χ0) is 93.1. The molecule has 0 aliphatic carbocycles. The van der Waals surface area contributed by atoms with Crippen LogP contribution in [0.2, 0.25) is 0 Å². The number of amides is 3. The molecule has 39 atom stereocenters. The fraction of sp³-hybridized carbons (Fsp3) is 0.871. The van der Waals surface area contributed by atoms with Crippen LogP contribution in [0.3, 0.4) is 0 Å². The van der Waals surface area contributed by atoms with E-state index in [1.54, 1.807) is 65.0 Å². The van der Waals surface area contributed by atoms with Gasteiger partial charge in [0.1, 0.15) is 30.6 Å². The highest BCUT2D eigenvalue weighted by atomic mass is 32.4. The van der Waals surface area contributed by atoms with Crippen molar-refractivity contribution in [3.63, 3.8) is 0 Å². The van der Waals surface area contributed by atoms with Crippen LogP contribution in [0.15, 0.2) is 12.7 Å². The van der Waals surface area contributed by atoms with E-state index in [2.05, 4.69) is 164 Å². The lowest BCUT2D eigenvalue weighted by molar-refractivity contribution is -0.141. The van der Waals surface area contributed by atoms with Crippen molar-refractivity contribution in [1.82, 2.24) is 53.4 Å². The molecule has 117 heavy (non-hydrogen) atoms. The molecule has 0 aliphatic heterocycles. The SMILES string of the molecule is C.C.C=CC(OPP)[C@H](C)N(C)P.CC(C(=O)O)C(C)S(=O)(=O)C(C)CC(C)N(C)C.CC(C(=O)O)N(C)P(P)P.CC(CC(C)C(C)C(=O)NC(C)C(=O)N[C@@H](C)[C@@H](O)[C@H](C)O)CC(C)N(C)C.CC(O)C(O)[C@H](C)N(C)C(=O)C(C)N(C)P(P)P.CC(O)C(OPP)[C@H](C)N(C)P.C[C@@H](C(C=O)OPP)N(C)P.C[C@@H](C=O)N(C)P. The van der Waals surface area contributed by atoms with Crippen LogP contribution >= 0.6 is 140 Å². The Morgan fingerprint density at radius 1 is 0.487 bits per heavy atom. The molecule has 0 aromatic rings. The van der Waals surface area contributed by atoms with Gasteiger partial charge < -0.3 is 84.2 Å². The number of carboxylic acids is 2. The number of sulfone groups is 1. The summed E-state index contributed by atoms with van der Waals surface area (Å²) in [6.45, 7) is 39.7. The molecule has 0 bridgehead atoms. The molecule has 0 spiro atoms. The second-order valence-corrected chi connectivity index (χ2v) is 51.9. The highest BCUT2D eigenvalue weighted by Gasteiger charge is 2.37. The number of carbonyl (C=O) groups is 7. The first-order chi connectivity index (χ1) is 52.3. The van der Waals surface area contributed by atoms with Gasteiger partial charge in [-0.2, -0.15) is 0 Å². The number of nitrogens with one attached hydrogen (secondary N) is 2. The summed E-state index contributed by atoms with van der Waals surface area (Å²) >= 11 is 0. The molecule has 0 aromatic carbocycles. The maximum absolute atomic E-state index is 12.6. The lowest BCUT2D eigenvalue weighted by Crippen LogP contribution is -2.53. The Kier molecular flexibility index (Phi) is 92.6. The van der Waals surface area contributed by atoms with Crippen LogP contribution in [0, 0.1) is 23.7 Å². The molecular weight excluding hydrogens is 1830 g/mol. The van der Waals surface area contributed by atoms with E-state index in [0.717, 1.165) is 25.4 Å². The summed E-state index contributed by atoms with van der Waals surface area (Å²) in [5.41, 5.74) is 0. The Hall–Kier alpha value is 2.62. The van der Waals surface area contributed by atoms with Crippen molar-refractivity contribution in [3.05, 3.63) is 12.7 Å². The number of aliphatic hydroxyl groups is 5. The molecule has 30 nitrogen and oxygen atoms in total. The largest absolute Gasteiger partial charge is 0.481 e. The van der Waals surface area contributed by atoms with Crippen molar-refractivity contribution >= 4 is 193 Å². The number of nitrogens with zero attached hydrogens (tertiary/aromatic N) is 9. The van der Waals surface area contributed by atoms with E-state index in [0.29, 0.717) is 41.4 Å². The van der Waals surface area contributed by atoms with Gasteiger partial charge >= 0.3 is 11.9 Å². The molecule has 0 heterocycles. The maximum atomic E-state index is 12.6. The summed E-state index contributed by atoms with van der Waals surface area (Å²) in [6.07, 6.45) is 1.53. The molecule has 0 radical (unpaired) electrons. The summed E-state index contributed by atoms with van der Waals surface area (Å²) in [5, 5.41) is 69.2. The van der Waals surface area contributed by atoms with Crippen LogP contribution in [-0.4, -0.2) is 332 Å². The van der Waals surface area contributed by atoms with E-state index in [-0.39, 0.29) is 101 Å². The Morgan fingerprint density at radius 3 is 1.17 bits per heavy atom. The molecule has 0 aliphatic rings.